The smallest absolute Gasteiger partial charge is 0.408 e. The van der Waals surface area contributed by atoms with Crippen LogP contribution >= 0.6 is 12.6 Å². The number of rotatable bonds is 3. The number of nitrogens with zero attached hydrogens (tertiary/aromatic N) is 1. The summed E-state index contributed by atoms with van der Waals surface area (Å²) >= 11 is 4.21. The van der Waals surface area contributed by atoms with Gasteiger partial charge in [-0.1, -0.05) is 6.07 Å². The molecule has 1 fully saturated rings. The van der Waals surface area contributed by atoms with Crippen LogP contribution in [0, 0.1) is 0 Å². The van der Waals surface area contributed by atoms with Gasteiger partial charge in [-0.25, -0.2) is 9.59 Å². The van der Waals surface area contributed by atoms with Crippen LogP contribution in [0.25, 0.3) is 0 Å². The summed E-state index contributed by atoms with van der Waals surface area (Å²) in [5.41, 5.74) is 0.356. The van der Waals surface area contributed by atoms with Gasteiger partial charge in [-0.15, -0.1) is 0 Å². The van der Waals surface area contributed by atoms with Crippen molar-refractivity contribution in [3.05, 3.63) is 29.8 Å². The quantitative estimate of drug-likeness (QED) is 0.631. The molecule has 0 radical (unpaired) electrons. The molecule has 0 saturated carbocycles. The van der Waals surface area contributed by atoms with E-state index in [-0.39, 0.29) is 17.4 Å². The van der Waals surface area contributed by atoms with Crippen molar-refractivity contribution in [3.8, 4) is 0 Å². The maximum atomic E-state index is 12.2. The molecule has 0 bridgehead atoms. The van der Waals surface area contributed by atoms with Crippen molar-refractivity contribution in [1.29, 1.82) is 0 Å². The lowest BCUT2D eigenvalue weighted by Crippen LogP contribution is -2.42. The summed E-state index contributed by atoms with van der Waals surface area (Å²) < 4.78 is 0. The number of likely N-dealkylation sites (tertiary alicyclic amines) is 1. The van der Waals surface area contributed by atoms with Gasteiger partial charge in [-0.3, -0.25) is 9.69 Å². The van der Waals surface area contributed by atoms with Crippen LogP contribution in [0.3, 0.4) is 0 Å². The molecule has 2 rings (SSSR count). The molecule has 2 atom stereocenters. The van der Waals surface area contributed by atoms with Crippen molar-refractivity contribution >= 4 is 36.3 Å². The van der Waals surface area contributed by atoms with Gasteiger partial charge in [0.05, 0.1) is 5.56 Å². The SMILES string of the molecule is O=C(O)c1cccc(NC(=O)[C@@H]2C[C@H](S)CN2C(=O)O)c1. The Morgan fingerprint density at radius 2 is 2.00 bits per heavy atom. The van der Waals surface area contributed by atoms with Crippen molar-refractivity contribution in [2.45, 2.75) is 17.7 Å². The predicted molar refractivity (Wildman–Crippen MR) is 77.9 cm³/mol. The summed E-state index contributed by atoms with van der Waals surface area (Å²) in [5.74, 6) is -1.59. The van der Waals surface area contributed by atoms with Crippen LogP contribution in [-0.2, 0) is 4.79 Å². The Bertz CT molecular complexity index is 592. The minimum absolute atomic E-state index is 0.0429. The van der Waals surface area contributed by atoms with Gasteiger partial charge in [0, 0.05) is 17.5 Å². The number of thiol groups is 1. The highest BCUT2D eigenvalue weighted by Gasteiger charge is 2.38. The molecule has 0 unspecified atom stereocenters. The first kappa shape index (κ1) is 15.2. The zero-order valence-corrected chi connectivity index (χ0v) is 11.8. The van der Waals surface area contributed by atoms with Crippen molar-refractivity contribution in [1.82, 2.24) is 4.90 Å². The van der Waals surface area contributed by atoms with E-state index in [1.165, 1.54) is 18.2 Å². The largest absolute Gasteiger partial charge is 0.478 e. The van der Waals surface area contributed by atoms with Crippen molar-refractivity contribution in [2.24, 2.45) is 0 Å². The van der Waals surface area contributed by atoms with E-state index in [4.69, 9.17) is 10.2 Å². The van der Waals surface area contributed by atoms with E-state index in [2.05, 4.69) is 17.9 Å². The number of anilines is 1. The summed E-state index contributed by atoms with van der Waals surface area (Å²) in [6, 6.07) is 4.95. The second-order valence-corrected chi connectivity index (χ2v) is 5.45. The van der Waals surface area contributed by atoms with Crippen LogP contribution in [0.4, 0.5) is 10.5 Å². The molecular weight excluding hydrogens is 296 g/mol. The molecule has 1 aromatic rings. The van der Waals surface area contributed by atoms with Crippen LogP contribution in [0.15, 0.2) is 24.3 Å². The standard InChI is InChI=1S/C13H14N2O5S/c16-11(10-5-9(21)6-15(10)13(19)20)14-8-3-1-2-7(4-8)12(17)18/h1-4,9-10,21H,5-6H2,(H,14,16)(H,17,18)(H,19,20)/t9-,10-/m0/s1. The second-order valence-electron chi connectivity index (χ2n) is 4.72. The highest BCUT2D eigenvalue weighted by Crippen LogP contribution is 2.23. The molecule has 1 aromatic carbocycles. The van der Waals surface area contributed by atoms with Crippen LogP contribution in [0.5, 0.6) is 0 Å². The normalized spacial score (nSPS) is 21.1. The Hall–Kier alpha value is -2.22. The Balaban J connectivity index is 2.12. The number of carboxylic acids is 1. The third-order valence-corrected chi connectivity index (χ3v) is 3.58. The Morgan fingerprint density at radius 3 is 2.62 bits per heavy atom. The average Bonchev–Trinajstić information content (AvgIpc) is 2.81. The molecule has 7 nitrogen and oxygen atoms in total. The summed E-state index contributed by atoms with van der Waals surface area (Å²) in [6.07, 6.45) is -0.856. The van der Waals surface area contributed by atoms with Gasteiger partial charge in [0.25, 0.3) is 0 Å². The molecule has 1 saturated heterocycles. The summed E-state index contributed by atoms with van der Waals surface area (Å²) in [6.45, 7) is 0.186. The van der Waals surface area contributed by atoms with Crippen LogP contribution in [0.1, 0.15) is 16.8 Å². The second kappa shape index (κ2) is 6.04. The first-order valence-corrected chi connectivity index (χ1v) is 6.72. The molecular formula is C13H14N2O5S. The van der Waals surface area contributed by atoms with Crippen LogP contribution < -0.4 is 5.32 Å². The zero-order chi connectivity index (χ0) is 15.6. The van der Waals surface area contributed by atoms with E-state index in [1.807, 2.05) is 0 Å². The van der Waals surface area contributed by atoms with Gasteiger partial charge in [-0.2, -0.15) is 12.6 Å². The topological polar surface area (TPSA) is 107 Å². The minimum Gasteiger partial charge on any atom is -0.478 e. The van der Waals surface area contributed by atoms with E-state index in [0.29, 0.717) is 12.1 Å². The number of nitrogens with one attached hydrogen (secondary N) is 1. The Kier molecular flexibility index (Phi) is 4.37. The van der Waals surface area contributed by atoms with Gasteiger partial charge in [0.1, 0.15) is 6.04 Å². The van der Waals surface area contributed by atoms with Gasteiger partial charge in [-0.05, 0) is 24.6 Å². The van der Waals surface area contributed by atoms with Gasteiger partial charge < -0.3 is 15.5 Å². The molecule has 3 N–H and O–H groups in total. The Labute approximate surface area is 126 Å². The third-order valence-electron chi connectivity index (χ3n) is 3.20. The number of carbonyl (C=O) groups is 3. The fourth-order valence-electron chi connectivity index (χ4n) is 2.23. The fraction of sp³-hybridized carbons (Fsp3) is 0.308. The van der Waals surface area contributed by atoms with Gasteiger partial charge in [0.15, 0.2) is 0 Å². The highest BCUT2D eigenvalue weighted by molar-refractivity contribution is 7.81. The van der Waals surface area contributed by atoms with E-state index in [9.17, 15) is 14.4 Å². The molecule has 0 aromatic heterocycles. The highest BCUT2D eigenvalue weighted by atomic mass is 32.1. The fourth-order valence-corrected chi connectivity index (χ4v) is 2.60. The van der Waals surface area contributed by atoms with Gasteiger partial charge in [0.2, 0.25) is 5.91 Å². The number of amides is 2. The number of hydrogen-bond donors (Lipinski definition) is 4. The summed E-state index contributed by atoms with van der Waals surface area (Å²) in [4.78, 5) is 35.2. The predicted octanol–water partition coefficient (Wildman–Crippen LogP) is 1.37. The lowest BCUT2D eigenvalue weighted by atomic mass is 10.1. The van der Waals surface area contributed by atoms with Crippen LogP contribution in [-0.4, -0.2) is 50.9 Å². The van der Waals surface area contributed by atoms with E-state index >= 15 is 0 Å². The lowest BCUT2D eigenvalue weighted by molar-refractivity contribution is -0.119. The molecule has 0 spiro atoms. The molecule has 1 aliphatic rings. The average molecular weight is 310 g/mol. The molecule has 0 aliphatic carbocycles. The minimum atomic E-state index is -1.18. The number of carbonyl (C=O) groups excluding carboxylic acids is 1. The number of carboxylic acid groups (broad SMARTS) is 2. The molecule has 1 heterocycles. The van der Waals surface area contributed by atoms with E-state index < -0.39 is 24.0 Å². The molecule has 112 valence electrons. The first-order valence-electron chi connectivity index (χ1n) is 6.20. The van der Waals surface area contributed by atoms with Crippen LogP contribution in [0.2, 0.25) is 0 Å². The summed E-state index contributed by atoms with van der Waals surface area (Å²) in [5, 5.41) is 20.3. The third kappa shape index (κ3) is 3.46. The monoisotopic (exact) mass is 310 g/mol. The van der Waals surface area contributed by atoms with Crippen molar-refractivity contribution < 1.29 is 24.6 Å². The lowest BCUT2D eigenvalue weighted by Gasteiger charge is -2.20. The molecule has 8 heteroatoms. The molecule has 21 heavy (non-hydrogen) atoms. The number of aromatic carboxylic acids is 1. The van der Waals surface area contributed by atoms with Crippen molar-refractivity contribution in [3.63, 3.8) is 0 Å². The van der Waals surface area contributed by atoms with E-state index in [1.54, 1.807) is 6.07 Å². The Morgan fingerprint density at radius 1 is 1.29 bits per heavy atom. The maximum absolute atomic E-state index is 12.2. The van der Waals surface area contributed by atoms with Crippen molar-refractivity contribution in [2.75, 3.05) is 11.9 Å². The molecule has 1 aliphatic heterocycles. The van der Waals surface area contributed by atoms with E-state index in [0.717, 1.165) is 4.90 Å². The summed E-state index contributed by atoms with van der Waals surface area (Å²) in [7, 11) is 0. The zero-order valence-electron chi connectivity index (χ0n) is 10.9. The first-order chi connectivity index (χ1) is 9.88. The number of hydrogen-bond acceptors (Lipinski definition) is 4. The maximum Gasteiger partial charge on any atom is 0.408 e. The molecule has 2 amide bonds. The number of benzene rings is 1. The van der Waals surface area contributed by atoms with Gasteiger partial charge >= 0.3 is 12.1 Å².